The van der Waals surface area contributed by atoms with Crippen molar-refractivity contribution in [2.45, 2.75) is 6.54 Å². The summed E-state index contributed by atoms with van der Waals surface area (Å²) in [6, 6.07) is 14.2. The Morgan fingerprint density at radius 3 is 2.76 bits per heavy atom. The normalized spacial score (nSPS) is 10.5. The van der Waals surface area contributed by atoms with E-state index in [4.69, 9.17) is 10.00 Å². The number of nitriles is 1. The lowest BCUT2D eigenvalue weighted by atomic mass is 10.1. The molecule has 0 N–H and O–H groups in total. The quantitative estimate of drug-likeness (QED) is 0.733. The third-order valence-electron chi connectivity index (χ3n) is 3.50. The average molecular weight is 280 g/mol. The Balaban J connectivity index is 1.97. The lowest BCUT2D eigenvalue weighted by Gasteiger charge is -2.08. The van der Waals surface area contributed by atoms with E-state index < -0.39 is 0 Å². The molecular weight excluding hydrogens is 267 g/mol. The number of methoxy groups -OCH3 is 1. The van der Waals surface area contributed by atoms with Gasteiger partial charge in [-0.2, -0.15) is 5.26 Å². The molecule has 3 aromatic rings. The van der Waals surface area contributed by atoms with Crippen LogP contribution in [0.1, 0.15) is 11.1 Å². The van der Waals surface area contributed by atoms with Crippen LogP contribution in [0.15, 0.2) is 48.7 Å². The van der Waals surface area contributed by atoms with Gasteiger partial charge in [0.15, 0.2) is 0 Å². The number of halogens is 1. The molecule has 2 aromatic carbocycles. The number of fused-ring (bicyclic) bond motifs is 1. The monoisotopic (exact) mass is 280 g/mol. The Morgan fingerprint density at radius 1 is 1.19 bits per heavy atom. The fourth-order valence-electron chi connectivity index (χ4n) is 2.37. The lowest BCUT2D eigenvalue weighted by molar-refractivity contribution is 0.415. The van der Waals surface area contributed by atoms with Gasteiger partial charge in [-0.05, 0) is 36.4 Å². The fraction of sp³-hybridized carbons (Fsp3) is 0.118. The molecule has 0 unspecified atom stereocenters. The van der Waals surface area contributed by atoms with Gasteiger partial charge in [-0.25, -0.2) is 4.39 Å². The van der Waals surface area contributed by atoms with Crippen LogP contribution in [-0.4, -0.2) is 11.7 Å². The number of rotatable bonds is 3. The van der Waals surface area contributed by atoms with E-state index in [2.05, 4.69) is 0 Å². The first-order valence-electron chi connectivity index (χ1n) is 6.52. The maximum Gasteiger partial charge on any atom is 0.129 e. The summed E-state index contributed by atoms with van der Waals surface area (Å²) in [7, 11) is 1.63. The summed E-state index contributed by atoms with van der Waals surface area (Å²) in [6.45, 7) is 0.424. The van der Waals surface area contributed by atoms with Crippen LogP contribution < -0.4 is 4.74 Å². The Labute approximate surface area is 121 Å². The van der Waals surface area contributed by atoms with Gasteiger partial charge < -0.3 is 9.30 Å². The molecule has 0 atom stereocenters. The standard InChI is InChI=1S/C17H13FN2O/c1-21-15-4-5-17-13(9-15)6-7-20(17)11-14-3-2-12(10-19)8-16(14)18/h2-9H,11H2,1H3. The Hall–Kier alpha value is -2.80. The van der Waals surface area contributed by atoms with Crippen molar-refractivity contribution in [3.05, 3.63) is 65.6 Å². The van der Waals surface area contributed by atoms with Gasteiger partial charge in [0.25, 0.3) is 0 Å². The molecule has 0 bridgehead atoms. The van der Waals surface area contributed by atoms with Crippen molar-refractivity contribution in [2.75, 3.05) is 7.11 Å². The first-order chi connectivity index (χ1) is 10.2. The zero-order valence-corrected chi connectivity index (χ0v) is 11.5. The van der Waals surface area contributed by atoms with Crippen molar-refractivity contribution in [1.29, 1.82) is 5.26 Å². The summed E-state index contributed by atoms with van der Waals surface area (Å²) < 4.78 is 21.1. The Bertz CT molecular complexity index is 846. The third kappa shape index (κ3) is 2.46. The highest BCUT2D eigenvalue weighted by Crippen LogP contribution is 2.23. The van der Waals surface area contributed by atoms with Crippen LogP contribution in [0, 0.1) is 17.1 Å². The van der Waals surface area contributed by atoms with Gasteiger partial charge in [0.05, 0.1) is 25.3 Å². The molecular formula is C17H13FN2O. The molecule has 3 nitrogen and oxygen atoms in total. The highest BCUT2D eigenvalue weighted by atomic mass is 19.1. The topological polar surface area (TPSA) is 38.0 Å². The van der Waals surface area contributed by atoms with Crippen molar-refractivity contribution < 1.29 is 9.13 Å². The van der Waals surface area contributed by atoms with E-state index in [9.17, 15) is 4.39 Å². The second-order valence-electron chi connectivity index (χ2n) is 4.79. The van der Waals surface area contributed by atoms with Crippen LogP contribution in [0.5, 0.6) is 5.75 Å². The van der Waals surface area contributed by atoms with Crippen molar-refractivity contribution in [3.63, 3.8) is 0 Å². The number of aromatic nitrogens is 1. The Kier molecular flexibility index (Phi) is 3.33. The molecule has 1 heterocycles. The van der Waals surface area contributed by atoms with Gasteiger partial charge in [0, 0.05) is 22.7 Å². The van der Waals surface area contributed by atoms with Gasteiger partial charge in [0.1, 0.15) is 11.6 Å². The summed E-state index contributed by atoms with van der Waals surface area (Å²) in [6.07, 6.45) is 1.92. The van der Waals surface area contributed by atoms with Crippen LogP contribution in [0.3, 0.4) is 0 Å². The minimum atomic E-state index is -0.357. The minimum absolute atomic E-state index is 0.332. The largest absolute Gasteiger partial charge is 0.497 e. The zero-order chi connectivity index (χ0) is 14.8. The second kappa shape index (κ2) is 5.29. The summed E-state index contributed by atoms with van der Waals surface area (Å²) >= 11 is 0. The van der Waals surface area contributed by atoms with Crippen LogP contribution >= 0.6 is 0 Å². The number of hydrogen-bond acceptors (Lipinski definition) is 2. The van der Waals surface area contributed by atoms with Crippen molar-refractivity contribution >= 4 is 10.9 Å². The zero-order valence-electron chi connectivity index (χ0n) is 11.5. The summed E-state index contributed by atoms with van der Waals surface area (Å²) in [5, 5.41) is 9.81. The van der Waals surface area contributed by atoms with Gasteiger partial charge in [-0.3, -0.25) is 0 Å². The van der Waals surface area contributed by atoms with E-state index in [-0.39, 0.29) is 5.82 Å². The smallest absolute Gasteiger partial charge is 0.129 e. The summed E-state index contributed by atoms with van der Waals surface area (Å²) in [5.41, 5.74) is 1.90. The molecule has 0 saturated heterocycles. The number of benzene rings is 2. The molecule has 0 saturated carbocycles. The Morgan fingerprint density at radius 2 is 2.05 bits per heavy atom. The van der Waals surface area contributed by atoms with Crippen molar-refractivity contribution in [2.24, 2.45) is 0 Å². The van der Waals surface area contributed by atoms with Gasteiger partial charge in [0.2, 0.25) is 0 Å². The van der Waals surface area contributed by atoms with Crippen LogP contribution in [-0.2, 0) is 6.54 Å². The van der Waals surface area contributed by atoms with E-state index in [1.165, 1.54) is 6.07 Å². The second-order valence-corrected chi connectivity index (χ2v) is 4.79. The molecule has 3 rings (SSSR count). The lowest BCUT2D eigenvalue weighted by Crippen LogP contribution is -2.01. The first kappa shape index (κ1) is 13.2. The average Bonchev–Trinajstić information content (AvgIpc) is 2.91. The number of ether oxygens (including phenoxy) is 1. The molecule has 1 aromatic heterocycles. The molecule has 0 aliphatic heterocycles. The predicted octanol–water partition coefficient (Wildman–Crippen LogP) is 3.71. The summed E-state index contributed by atoms with van der Waals surface area (Å²) in [5.74, 6) is 0.439. The predicted molar refractivity (Wildman–Crippen MR) is 78.7 cm³/mol. The van der Waals surface area contributed by atoms with E-state index >= 15 is 0 Å². The highest BCUT2D eigenvalue weighted by Gasteiger charge is 2.07. The SMILES string of the molecule is COc1ccc2c(ccn2Cc2ccc(C#N)cc2F)c1. The fourth-order valence-corrected chi connectivity index (χ4v) is 2.37. The third-order valence-corrected chi connectivity index (χ3v) is 3.50. The molecule has 0 amide bonds. The molecule has 0 aliphatic carbocycles. The number of hydrogen-bond donors (Lipinski definition) is 0. The highest BCUT2D eigenvalue weighted by molar-refractivity contribution is 5.81. The maximum atomic E-state index is 14.0. The van der Waals surface area contributed by atoms with Crippen molar-refractivity contribution in [1.82, 2.24) is 4.57 Å². The molecule has 0 radical (unpaired) electrons. The van der Waals surface area contributed by atoms with E-state index in [0.29, 0.717) is 17.7 Å². The van der Waals surface area contributed by atoms with Gasteiger partial charge in [-0.1, -0.05) is 6.07 Å². The molecule has 4 heteroatoms. The molecule has 0 fully saturated rings. The van der Waals surface area contributed by atoms with Crippen LogP contribution in [0.25, 0.3) is 10.9 Å². The van der Waals surface area contributed by atoms with E-state index in [1.54, 1.807) is 19.2 Å². The molecule has 104 valence electrons. The summed E-state index contributed by atoms with van der Waals surface area (Å²) in [4.78, 5) is 0. The van der Waals surface area contributed by atoms with Gasteiger partial charge >= 0.3 is 0 Å². The maximum absolute atomic E-state index is 14.0. The molecule has 0 spiro atoms. The van der Waals surface area contributed by atoms with Crippen molar-refractivity contribution in [3.8, 4) is 11.8 Å². The van der Waals surface area contributed by atoms with E-state index in [1.807, 2.05) is 41.1 Å². The van der Waals surface area contributed by atoms with Gasteiger partial charge in [-0.15, -0.1) is 0 Å². The first-order valence-corrected chi connectivity index (χ1v) is 6.52. The molecule has 21 heavy (non-hydrogen) atoms. The van der Waals surface area contributed by atoms with Crippen LogP contribution in [0.2, 0.25) is 0 Å². The van der Waals surface area contributed by atoms with Crippen LogP contribution in [0.4, 0.5) is 4.39 Å². The molecule has 0 aliphatic rings. The minimum Gasteiger partial charge on any atom is -0.497 e. The number of nitrogens with zero attached hydrogens (tertiary/aromatic N) is 2. The van der Waals surface area contributed by atoms with E-state index in [0.717, 1.165) is 16.7 Å².